The van der Waals surface area contributed by atoms with Crippen molar-refractivity contribution in [2.75, 3.05) is 7.11 Å². The zero-order valence-corrected chi connectivity index (χ0v) is 10.2. The first-order chi connectivity index (χ1) is 5.58. The molecule has 1 rings (SSSR count). The molecule has 1 N–H and O–H groups in total. The summed E-state index contributed by atoms with van der Waals surface area (Å²) >= 11 is 0. The first-order valence-electron chi connectivity index (χ1n) is 3.16. The Morgan fingerprint density at radius 2 is 2.38 bits per heavy atom. The van der Waals surface area contributed by atoms with Crippen molar-refractivity contribution in [3.05, 3.63) is 24.2 Å². The maximum Gasteiger partial charge on any atom is 1.00 e. The smallest absolute Gasteiger partial charge is 0.776 e. The molecule has 2 atom stereocenters. The van der Waals surface area contributed by atoms with E-state index in [4.69, 9.17) is 5.11 Å². The summed E-state index contributed by atoms with van der Waals surface area (Å²) in [7, 11) is -3.26. The third kappa shape index (κ3) is 3.22. The molecule has 0 saturated heterocycles. The van der Waals surface area contributed by atoms with Crippen LogP contribution in [-0.4, -0.2) is 12.2 Å². The first-order valence-corrected chi connectivity index (χ1v) is 4.77. The Balaban J connectivity index is 0.00000144. The molecule has 2 unspecified atom stereocenters. The maximum atomic E-state index is 10.9. The van der Waals surface area contributed by atoms with Gasteiger partial charge in [-0.25, -0.2) is 0 Å². The van der Waals surface area contributed by atoms with Gasteiger partial charge >= 0.3 is 29.6 Å². The predicted molar refractivity (Wildman–Crippen MR) is 38.3 cm³/mol. The van der Waals surface area contributed by atoms with Crippen LogP contribution in [-0.2, 0) is 9.09 Å². The average Bonchev–Trinajstić information content (AvgIpc) is 2.55. The van der Waals surface area contributed by atoms with Crippen LogP contribution >= 0.6 is 7.60 Å². The minimum atomic E-state index is -4.24. The van der Waals surface area contributed by atoms with Gasteiger partial charge in [0.15, 0.2) is 13.4 Å². The Morgan fingerprint density at radius 3 is 2.77 bits per heavy atom. The Kier molecular flexibility index (Phi) is 5.47. The monoisotopic (exact) mass is 214 g/mol. The summed E-state index contributed by atoms with van der Waals surface area (Å²) in [6, 6.07) is 2.84. The summed E-state index contributed by atoms with van der Waals surface area (Å²) in [6.45, 7) is 0. The van der Waals surface area contributed by atoms with Gasteiger partial charge in [-0.1, -0.05) is 0 Å². The third-order valence-corrected chi connectivity index (χ3v) is 2.71. The number of aliphatic hydroxyl groups is 1. The fraction of sp³-hybridized carbons (Fsp3) is 0.333. The van der Waals surface area contributed by atoms with E-state index in [0.29, 0.717) is 0 Å². The first kappa shape index (κ1) is 13.4. The van der Waals surface area contributed by atoms with Crippen molar-refractivity contribution in [3.63, 3.8) is 0 Å². The van der Waals surface area contributed by atoms with Crippen LogP contribution in [0.4, 0.5) is 0 Å². The second-order valence-electron chi connectivity index (χ2n) is 2.11. The van der Waals surface area contributed by atoms with Crippen molar-refractivity contribution in [3.8, 4) is 0 Å². The van der Waals surface area contributed by atoms with E-state index in [9.17, 15) is 9.46 Å². The molecule has 0 bridgehead atoms. The molecule has 1 heterocycles. The van der Waals surface area contributed by atoms with E-state index >= 15 is 0 Å². The number of hydrogen-bond donors (Lipinski definition) is 1. The van der Waals surface area contributed by atoms with Crippen LogP contribution in [0.25, 0.3) is 0 Å². The van der Waals surface area contributed by atoms with E-state index in [1.54, 1.807) is 0 Å². The summed E-state index contributed by atoms with van der Waals surface area (Å²) in [5, 5.41) is 9.14. The quantitative estimate of drug-likeness (QED) is 0.443. The van der Waals surface area contributed by atoms with Crippen LogP contribution in [0.2, 0.25) is 0 Å². The average molecular weight is 214 g/mol. The Bertz CT molecular complexity index is 285. The molecule has 0 aromatic carbocycles. The van der Waals surface area contributed by atoms with Crippen LogP contribution < -0.4 is 34.5 Å². The molecule has 5 nitrogen and oxygen atoms in total. The minimum Gasteiger partial charge on any atom is -0.776 e. The molecule has 68 valence electrons. The molecule has 0 spiro atoms. The normalized spacial score (nSPS) is 17.2. The molecule has 0 aliphatic rings. The summed E-state index contributed by atoms with van der Waals surface area (Å²) in [5.74, 6) is -1.77. The van der Waals surface area contributed by atoms with E-state index in [-0.39, 0.29) is 35.3 Å². The fourth-order valence-corrected chi connectivity index (χ4v) is 1.35. The van der Waals surface area contributed by atoms with Gasteiger partial charge < -0.3 is 23.5 Å². The molecular formula is C6H8NaO5P. The van der Waals surface area contributed by atoms with Crippen molar-refractivity contribution < 1.29 is 53.1 Å². The van der Waals surface area contributed by atoms with Gasteiger partial charge in [0.05, 0.1) is 6.26 Å². The van der Waals surface area contributed by atoms with Gasteiger partial charge in [0.1, 0.15) is 5.76 Å². The zero-order chi connectivity index (χ0) is 9.19. The summed E-state index contributed by atoms with van der Waals surface area (Å²) < 4.78 is 19.7. The second-order valence-corrected chi connectivity index (χ2v) is 4.05. The van der Waals surface area contributed by atoms with E-state index in [2.05, 4.69) is 8.94 Å². The van der Waals surface area contributed by atoms with E-state index in [1.807, 2.05) is 0 Å². The van der Waals surface area contributed by atoms with Crippen LogP contribution in [0, 0.1) is 0 Å². The predicted octanol–water partition coefficient (Wildman–Crippen LogP) is -2.53. The van der Waals surface area contributed by atoms with Crippen LogP contribution in [0.1, 0.15) is 11.6 Å². The van der Waals surface area contributed by atoms with Crippen molar-refractivity contribution >= 4 is 7.60 Å². The van der Waals surface area contributed by atoms with Gasteiger partial charge in [0, 0.05) is 7.11 Å². The van der Waals surface area contributed by atoms with E-state index in [1.165, 1.54) is 18.4 Å². The van der Waals surface area contributed by atoms with E-state index in [0.717, 1.165) is 7.11 Å². The Morgan fingerprint density at radius 1 is 1.77 bits per heavy atom. The number of hydrogen-bond acceptors (Lipinski definition) is 5. The topological polar surface area (TPSA) is 82.7 Å². The van der Waals surface area contributed by atoms with Crippen molar-refractivity contribution in [1.82, 2.24) is 0 Å². The summed E-state index contributed by atoms with van der Waals surface area (Å²) in [6.07, 6.45) is 1.27. The van der Waals surface area contributed by atoms with Crippen LogP contribution in [0.15, 0.2) is 22.8 Å². The molecule has 1 aromatic rings. The van der Waals surface area contributed by atoms with Crippen molar-refractivity contribution in [2.45, 2.75) is 5.85 Å². The molecule has 7 heteroatoms. The Hall–Kier alpha value is 0.390. The summed E-state index contributed by atoms with van der Waals surface area (Å²) in [5.41, 5.74) is 0. The molecule has 0 saturated carbocycles. The van der Waals surface area contributed by atoms with Crippen LogP contribution in [0.3, 0.4) is 0 Å². The van der Waals surface area contributed by atoms with Crippen molar-refractivity contribution in [2.24, 2.45) is 0 Å². The largest absolute Gasteiger partial charge is 1.00 e. The molecule has 0 fully saturated rings. The molecular weight excluding hydrogens is 206 g/mol. The maximum absolute atomic E-state index is 10.9. The van der Waals surface area contributed by atoms with Gasteiger partial charge in [0.2, 0.25) is 0 Å². The van der Waals surface area contributed by atoms with Gasteiger partial charge in [-0.2, -0.15) is 0 Å². The molecule has 0 radical (unpaired) electrons. The number of furan rings is 1. The number of aliphatic hydroxyl groups excluding tert-OH is 1. The Labute approximate surface area is 97.5 Å². The minimum absolute atomic E-state index is 0. The van der Waals surface area contributed by atoms with Gasteiger partial charge in [-0.15, -0.1) is 0 Å². The molecule has 0 aliphatic carbocycles. The number of rotatable bonds is 3. The third-order valence-electron chi connectivity index (χ3n) is 1.35. The fourth-order valence-electron chi connectivity index (χ4n) is 0.694. The molecule has 13 heavy (non-hydrogen) atoms. The van der Waals surface area contributed by atoms with Crippen LogP contribution in [0.5, 0.6) is 0 Å². The SMILES string of the molecule is COP(=O)([O-])C(O)c1ccco1.[Na+]. The standard InChI is InChI=1S/C6H9O5P.Na/c1-10-12(8,9)6(7)5-3-2-4-11-5;/h2-4,6-7H,1H3,(H,8,9);/q;+1/p-1. The van der Waals surface area contributed by atoms with Gasteiger partial charge in [-0.05, 0) is 12.1 Å². The second kappa shape index (κ2) is 5.32. The zero-order valence-electron chi connectivity index (χ0n) is 7.34. The molecule has 0 aliphatic heterocycles. The van der Waals surface area contributed by atoms with Gasteiger partial charge in [0.25, 0.3) is 0 Å². The summed E-state index contributed by atoms with van der Waals surface area (Å²) in [4.78, 5) is 10.9. The molecule has 1 aromatic heterocycles. The van der Waals surface area contributed by atoms with Crippen molar-refractivity contribution in [1.29, 1.82) is 0 Å². The van der Waals surface area contributed by atoms with Gasteiger partial charge in [-0.3, -0.25) is 0 Å². The molecule has 0 amide bonds. The van der Waals surface area contributed by atoms with E-state index < -0.39 is 13.4 Å².